The molecular formula is C11H20N6O2. The number of aliphatic hydroxyl groups is 1. The summed E-state index contributed by atoms with van der Waals surface area (Å²) in [5.41, 5.74) is 0. The topological polar surface area (TPSA) is 104 Å². The number of hydrogen-bond donors (Lipinski definition) is 4. The molecule has 4 N–H and O–H groups in total. The van der Waals surface area contributed by atoms with E-state index in [1.165, 1.54) is 7.11 Å². The maximum absolute atomic E-state index is 8.80. The van der Waals surface area contributed by atoms with E-state index >= 15 is 0 Å². The molecule has 1 fully saturated rings. The molecule has 0 spiro atoms. The van der Waals surface area contributed by atoms with Gasteiger partial charge in [-0.05, 0) is 25.9 Å². The molecule has 19 heavy (non-hydrogen) atoms. The van der Waals surface area contributed by atoms with Crippen LogP contribution in [0.4, 0.5) is 11.9 Å². The van der Waals surface area contributed by atoms with E-state index in [4.69, 9.17) is 9.84 Å². The molecule has 1 aliphatic rings. The zero-order valence-corrected chi connectivity index (χ0v) is 11.0. The van der Waals surface area contributed by atoms with Gasteiger partial charge in [0.25, 0.3) is 0 Å². The minimum atomic E-state index is 0.0189. The van der Waals surface area contributed by atoms with Crippen LogP contribution in [0.15, 0.2) is 0 Å². The average Bonchev–Trinajstić information content (AvgIpc) is 2.46. The lowest BCUT2D eigenvalue weighted by molar-refractivity contribution is 0.310. The van der Waals surface area contributed by atoms with Gasteiger partial charge in [-0.3, -0.25) is 0 Å². The molecule has 8 nitrogen and oxygen atoms in total. The van der Waals surface area contributed by atoms with Gasteiger partial charge in [-0.2, -0.15) is 15.0 Å². The number of rotatable bonds is 6. The Labute approximate surface area is 112 Å². The number of methoxy groups -OCH3 is 1. The van der Waals surface area contributed by atoms with Crippen LogP contribution in [0.25, 0.3) is 0 Å². The third-order valence-electron chi connectivity index (χ3n) is 2.86. The van der Waals surface area contributed by atoms with E-state index in [9.17, 15) is 0 Å². The van der Waals surface area contributed by atoms with Crippen LogP contribution in [0.3, 0.4) is 0 Å². The Hall–Kier alpha value is -1.67. The summed E-state index contributed by atoms with van der Waals surface area (Å²) in [7, 11) is 1.51. The third-order valence-corrected chi connectivity index (χ3v) is 2.86. The lowest BCUT2D eigenvalue weighted by atomic mass is 10.1. The molecule has 0 aromatic carbocycles. The molecular weight excluding hydrogens is 248 g/mol. The molecule has 106 valence electrons. The fourth-order valence-electron chi connectivity index (χ4n) is 1.91. The second kappa shape index (κ2) is 7.05. The molecule has 0 atom stereocenters. The maximum atomic E-state index is 8.80. The van der Waals surface area contributed by atoms with Gasteiger partial charge in [-0.1, -0.05) is 0 Å². The minimum absolute atomic E-state index is 0.0189. The summed E-state index contributed by atoms with van der Waals surface area (Å²) in [6, 6.07) is 0.617. The standard InChI is InChI=1S/C11H20N6O2/c1-19-11-16-9(13-6-7-18)15-10(17-11)14-8-2-4-12-5-3-8/h8,12,18H,2-7H2,1H3,(H2,13,14,15,16,17). The smallest absolute Gasteiger partial charge is 0.322 e. The summed E-state index contributed by atoms with van der Waals surface area (Å²) >= 11 is 0. The van der Waals surface area contributed by atoms with Gasteiger partial charge in [0.15, 0.2) is 0 Å². The van der Waals surface area contributed by atoms with Gasteiger partial charge in [-0.15, -0.1) is 0 Å². The van der Waals surface area contributed by atoms with Gasteiger partial charge < -0.3 is 25.8 Å². The molecule has 0 unspecified atom stereocenters. The normalized spacial score (nSPS) is 16.1. The highest BCUT2D eigenvalue weighted by atomic mass is 16.5. The van der Waals surface area contributed by atoms with Gasteiger partial charge >= 0.3 is 6.01 Å². The fourth-order valence-corrected chi connectivity index (χ4v) is 1.91. The fraction of sp³-hybridized carbons (Fsp3) is 0.727. The SMILES string of the molecule is COc1nc(NCCO)nc(NC2CCNCC2)n1. The molecule has 0 bridgehead atoms. The summed E-state index contributed by atoms with van der Waals surface area (Å²) < 4.78 is 5.05. The van der Waals surface area contributed by atoms with Gasteiger partial charge in [0, 0.05) is 12.6 Å². The molecule has 8 heteroatoms. The maximum Gasteiger partial charge on any atom is 0.322 e. The molecule has 1 aromatic heterocycles. The molecule has 0 aliphatic carbocycles. The van der Waals surface area contributed by atoms with Crippen molar-refractivity contribution < 1.29 is 9.84 Å². The molecule has 2 heterocycles. The quantitative estimate of drug-likeness (QED) is 0.545. The zero-order chi connectivity index (χ0) is 13.5. The monoisotopic (exact) mass is 268 g/mol. The van der Waals surface area contributed by atoms with Gasteiger partial charge in [0.1, 0.15) is 0 Å². The van der Waals surface area contributed by atoms with Crippen molar-refractivity contribution in [1.29, 1.82) is 0 Å². The van der Waals surface area contributed by atoms with Crippen LogP contribution in [-0.2, 0) is 0 Å². The molecule has 1 aromatic rings. The predicted molar refractivity (Wildman–Crippen MR) is 71.5 cm³/mol. The van der Waals surface area contributed by atoms with E-state index in [-0.39, 0.29) is 12.6 Å². The van der Waals surface area contributed by atoms with E-state index in [1.807, 2.05) is 0 Å². The van der Waals surface area contributed by atoms with Gasteiger partial charge in [0.2, 0.25) is 11.9 Å². The number of hydrogen-bond acceptors (Lipinski definition) is 8. The van der Waals surface area contributed by atoms with E-state index < -0.39 is 0 Å². The highest BCUT2D eigenvalue weighted by Gasteiger charge is 2.15. The van der Waals surface area contributed by atoms with E-state index in [1.54, 1.807) is 0 Å². The van der Waals surface area contributed by atoms with Crippen molar-refractivity contribution in [2.24, 2.45) is 0 Å². The summed E-state index contributed by atoms with van der Waals surface area (Å²) in [5, 5.41) is 18.3. The second-order valence-corrected chi connectivity index (χ2v) is 4.29. The van der Waals surface area contributed by atoms with Crippen LogP contribution >= 0.6 is 0 Å². The second-order valence-electron chi connectivity index (χ2n) is 4.29. The molecule has 1 aliphatic heterocycles. The summed E-state index contributed by atoms with van der Waals surface area (Å²) in [6.45, 7) is 2.40. The Balaban J connectivity index is 2.04. The minimum Gasteiger partial charge on any atom is -0.467 e. The Bertz CT molecular complexity index is 397. The molecule has 0 saturated carbocycles. The van der Waals surface area contributed by atoms with Crippen LogP contribution in [0.2, 0.25) is 0 Å². The van der Waals surface area contributed by atoms with Crippen LogP contribution in [0.1, 0.15) is 12.8 Å². The number of nitrogens with one attached hydrogen (secondary N) is 3. The van der Waals surface area contributed by atoms with E-state index in [0.717, 1.165) is 25.9 Å². The number of anilines is 2. The van der Waals surface area contributed by atoms with Crippen LogP contribution in [0, 0.1) is 0 Å². The van der Waals surface area contributed by atoms with Crippen LogP contribution in [0.5, 0.6) is 6.01 Å². The first-order valence-electron chi connectivity index (χ1n) is 6.44. The lowest BCUT2D eigenvalue weighted by Gasteiger charge is -2.23. The van der Waals surface area contributed by atoms with Crippen molar-refractivity contribution in [1.82, 2.24) is 20.3 Å². The largest absolute Gasteiger partial charge is 0.467 e. The van der Waals surface area contributed by atoms with Crippen molar-refractivity contribution in [3.63, 3.8) is 0 Å². The van der Waals surface area contributed by atoms with E-state index in [0.29, 0.717) is 24.5 Å². The van der Waals surface area contributed by atoms with Crippen LogP contribution < -0.4 is 20.7 Å². The number of nitrogens with zero attached hydrogens (tertiary/aromatic N) is 3. The number of aromatic nitrogens is 3. The lowest BCUT2D eigenvalue weighted by Crippen LogP contribution is -2.35. The van der Waals surface area contributed by atoms with Crippen molar-refractivity contribution in [2.45, 2.75) is 18.9 Å². The Morgan fingerprint density at radius 3 is 2.68 bits per heavy atom. The molecule has 0 amide bonds. The van der Waals surface area contributed by atoms with Crippen LogP contribution in [-0.4, -0.2) is 59.5 Å². The Kier molecular flexibility index (Phi) is 5.10. The Morgan fingerprint density at radius 2 is 2.00 bits per heavy atom. The first kappa shape index (κ1) is 13.8. The highest BCUT2D eigenvalue weighted by molar-refractivity contribution is 5.36. The summed E-state index contributed by atoms with van der Waals surface area (Å²) in [6.07, 6.45) is 2.07. The van der Waals surface area contributed by atoms with Crippen molar-refractivity contribution >= 4 is 11.9 Å². The third kappa shape index (κ3) is 4.18. The zero-order valence-electron chi connectivity index (χ0n) is 11.0. The molecule has 0 radical (unpaired) electrons. The first-order chi connectivity index (χ1) is 9.31. The van der Waals surface area contributed by atoms with Crippen molar-refractivity contribution in [3.05, 3.63) is 0 Å². The predicted octanol–water partition coefficient (Wildman–Crippen LogP) is -0.552. The number of piperidine rings is 1. The number of aliphatic hydroxyl groups excluding tert-OH is 1. The van der Waals surface area contributed by atoms with Gasteiger partial charge in [-0.25, -0.2) is 0 Å². The molecule has 1 saturated heterocycles. The highest BCUT2D eigenvalue weighted by Crippen LogP contribution is 2.14. The number of ether oxygens (including phenoxy) is 1. The van der Waals surface area contributed by atoms with E-state index in [2.05, 4.69) is 30.9 Å². The average molecular weight is 268 g/mol. The summed E-state index contributed by atoms with van der Waals surface area (Å²) in [4.78, 5) is 12.5. The van der Waals surface area contributed by atoms with Crippen molar-refractivity contribution in [3.8, 4) is 6.01 Å². The van der Waals surface area contributed by atoms with Crippen molar-refractivity contribution in [2.75, 3.05) is 44.0 Å². The Morgan fingerprint density at radius 1 is 1.26 bits per heavy atom. The molecule has 2 rings (SSSR count). The van der Waals surface area contributed by atoms with Gasteiger partial charge in [0.05, 0.1) is 13.7 Å². The summed E-state index contributed by atoms with van der Waals surface area (Å²) in [5.74, 6) is 0.900. The first-order valence-corrected chi connectivity index (χ1v) is 6.44.